The maximum atomic E-state index is 8.81. The summed E-state index contributed by atoms with van der Waals surface area (Å²) in [7, 11) is 0. The molecule has 3 nitrogen and oxygen atoms in total. The SMILES string of the molecule is CC1CCCC(CNc2cc(C#N)ccn2)C1. The van der Waals surface area contributed by atoms with E-state index in [2.05, 4.69) is 23.3 Å². The van der Waals surface area contributed by atoms with Crippen molar-refractivity contribution in [3.63, 3.8) is 0 Å². The van der Waals surface area contributed by atoms with Gasteiger partial charge in [-0.2, -0.15) is 5.26 Å². The predicted molar refractivity (Wildman–Crippen MR) is 68.6 cm³/mol. The summed E-state index contributed by atoms with van der Waals surface area (Å²) in [5, 5.41) is 12.2. The monoisotopic (exact) mass is 229 g/mol. The van der Waals surface area contributed by atoms with E-state index in [0.717, 1.165) is 24.2 Å². The maximum Gasteiger partial charge on any atom is 0.127 e. The molecule has 0 saturated heterocycles. The van der Waals surface area contributed by atoms with Gasteiger partial charge in [0.05, 0.1) is 11.6 Å². The summed E-state index contributed by atoms with van der Waals surface area (Å²) in [5.74, 6) is 2.43. The van der Waals surface area contributed by atoms with Gasteiger partial charge in [0.1, 0.15) is 5.82 Å². The first-order chi connectivity index (χ1) is 8.28. The molecule has 0 radical (unpaired) electrons. The van der Waals surface area contributed by atoms with Crippen molar-refractivity contribution in [3.8, 4) is 6.07 Å². The molecule has 1 fully saturated rings. The Bertz CT molecular complexity index is 408. The van der Waals surface area contributed by atoms with Crippen LogP contribution >= 0.6 is 0 Å². The van der Waals surface area contributed by atoms with Crippen molar-refractivity contribution in [2.45, 2.75) is 32.6 Å². The molecule has 0 amide bonds. The number of pyridine rings is 1. The maximum absolute atomic E-state index is 8.81. The molecule has 1 aliphatic carbocycles. The van der Waals surface area contributed by atoms with Gasteiger partial charge in [0, 0.05) is 12.7 Å². The van der Waals surface area contributed by atoms with E-state index in [1.807, 2.05) is 6.07 Å². The topological polar surface area (TPSA) is 48.7 Å². The van der Waals surface area contributed by atoms with Crippen molar-refractivity contribution in [1.82, 2.24) is 4.98 Å². The van der Waals surface area contributed by atoms with Crippen LogP contribution in [0.15, 0.2) is 18.3 Å². The minimum absolute atomic E-state index is 0.666. The molecular weight excluding hydrogens is 210 g/mol. The molecule has 1 aromatic rings. The highest BCUT2D eigenvalue weighted by Crippen LogP contribution is 2.28. The zero-order valence-electron chi connectivity index (χ0n) is 10.3. The molecule has 17 heavy (non-hydrogen) atoms. The molecule has 1 N–H and O–H groups in total. The Morgan fingerprint density at radius 2 is 2.41 bits per heavy atom. The van der Waals surface area contributed by atoms with Gasteiger partial charge in [0.2, 0.25) is 0 Å². The van der Waals surface area contributed by atoms with Crippen LogP contribution in [0.4, 0.5) is 5.82 Å². The van der Waals surface area contributed by atoms with E-state index in [1.54, 1.807) is 12.3 Å². The van der Waals surface area contributed by atoms with Gasteiger partial charge in [0.15, 0.2) is 0 Å². The van der Waals surface area contributed by atoms with E-state index < -0.39 is 0 Å². The van der Waals surface area contributed by atoms with Crippen LogP contribution in [-0.4, -0.2) is 11.5 Å². The summed E-state index contributed by atoms with van der Waals surface area (Å²) in [6, 6.07) is 5.67. The van der Waals surface area contributed by atoms with Gasteiger partial charge in [-0.05, 0) is 36.8 Å². The van der Waals surface area contributed by atoms with Crippen molar-refractivity contribution < 1.29 is 0 Å². The number of anilines is 1. The van der Waals surface area contributed by atoms with E-state index in [4.69, 9.17) is 5.26 Å². The third-order valence-electron chi connectivity index (χ3n) is 3.51. The number of nitrogens with one attached hydrogen (secondary N) is 1. The number of rotatable bonds is 3. The van der Waals surface area contributed by atoms with Crippen LogP contribution < -0.4 is 5.32 Å². The first kappa shape index (κ1) is 11.9. The Balaban J connectivity index is 1.87. The largest absolute Gasteiger partial charge is 0.370 e. The molecule has 3 heteroatoms. The van der Waals surface area contributed by atoms with Gasteiger partial charge in [-0.15, -0.1) is 0 Å². The Labute approximate surface area is 103 Å². The van der Waals surface area contributed by atoms with Gasteiger partial charge >= 0.3 is 0 Å². The fraction of sp³-hybridized carbons (Fsp3) is 0.571. The van der Waals surface area contributed by atoms with Crippen LogP contribution in [0.5, 0.6) is 0 Å². The smallest absolute Gasteiger partial charge is 0.127 e. The Kier molecular flexibility index (Phi) is 3.98. The van der Waals surface area contributed by atoms with Gasteiger partial charge in [-0.25, -0.2) is 4.98 Å². The quantitative estimate of drug-likeness (QED) is 0.866. The lowest BCUT2D eigenvalue weighted by molar-refractivity contribution is 0.293. The van der Waals surface area contributed by atoms with Gasteiger partial charge < -0.3 is 5.32 Å². The second kappa shape index (κ2) is 5.67. The molecule has 1 saturated carbocycles. The molecule has 0 aromatic carbocycles. The molecule has 1 heterocycles. The third-order valence-corrected chi connectivity index (χ3v) is 3.51. The first-order valence-corrected chi connectivity index (χ1v) is 6.38. The van der Waals surface area contributed by atoms with Crippen molar-refractivity contribution in [2.24, 2.45) is 11.8 Å². The van der Waals surface area contributed by atoms with E-state index in [1.165, 1.54) is 25.7 Å². The first-order valence-electron chi connectivity index (χ1n) is 6.38. The second-order valence-corrected chi connectivity index (χ2v) is 5.06. The van der Waals surface area contributed by atoms with Gasteiger partial charge in [0.25, 0.3) is 0 Å². The number of aromatic nitrogens is 1. The normalized spacial score (nSPS) is 24.0. The number of hydrogen-bond acceptors (Lipinski definition) is 3. The predicted octanol–water partition coefficient (Wildman–Crippen LogP) is 3.19. The molecule has 2 rings (SSSR count). The molecule has 2 unspecified atom stereocenters. The molecule has 0 bridgehead atoms. The number of nitrogens with zero attached hydrogens (tertiary/aromatic N) is 2. The van der Waals surface area contributed by atoms with Crippen LogP contribution in [0, 0.1) is 23.2 Å². The standard InChI is InChI=1S/C14H19N3/c1-11-3-2-4-13(7-11)10-17-14-8-12(9-15)5-6-16-14/h5-6,8,11,13H,2-4,7,10H2,1H3,(H,16,17). The highest BCUT2D eigenvalue weighted by atomic mass is 15.0. The summed E-state index contributed by atoms with van der Waals surface area (Å²) in [5.41, 5.74) is 0.666. The van der Waals surface area contributed by atoms with Gasteiger partial charge in [-0.1, -0.05) is 19.8 Å². The molecular formula is C14H19N3. The minimum Gasteiger partial charge on any atom is -0.370 e. The lowest BCUT2D eigenvalue weighted by Gasteiger charge is -2.26. The molecule has 0 spiro atoms. The lowest BCUT2D eigenvalue weighted by atomic mass is 9.82. The van der Waals surface area contributed by atoms with Crippen LogP contribution in [0.25, 0.3) is 0 Å². The molecule has 1 aromatic heterocycles. The van der Waals surface area contributed by atoms with Crippen molar-refractivity contribution >= 4 is 5.82 Å². The van der Waals surface area contributed by atoms with E-state index in [-0.39, 0.29) is 0 Å². The highest BCUT2D eigenvalue weighted by Gasteiger charge is 2.18. The molecule has 1 aliphatic rings. The summed E-state index contributed by atoms with van der Waals surface area (Å²) < 4.78 is 0. The highest BCUT2D eigenvalue weighted by molar-refractivity contribution is 5.42. The van der Waals surface area contributed by atoms with Crippen LogP contribution in [0.1, 0.15) is 38.2 Å². The minimum atomic E-state index is 0.666. The molecule has 90 valence electrons. The van der Waals surface area contributed by atoms with Crippen molar-refractivity contribution in [3.05, 3.63) is 23.9 Å². The Hall–Kier alpha value is -1.56. The summed E-state index contributed by atoms with van der Waals surface area (Å²) in [4.78, 5) is 4.23. The summed E-state index contributed by atoms with van der Waals surface area (Å²) in [6.45, 7) is 3.31. The Morgan fingerprint density at radius 3 is 3.18 bits per heavy atom. The van der Waals surface area contributed by atoms with E-state index in [9.17, 15) is 0 Å². The Morgan fingerprint density at radius 1 is 1.53 bits per heavy atom. The van der Waals surface area contributed by atoms with E-state index in [0.29, 0.717) is 5.56 Å². The number of nitriles is 1. The van der Waals surface area contributed by atoms with Crippen molar-refractivity contribution in [2.75, 3.05) is 11.9 Å². The van der Waals surface area contributed by atoms with E-state index >= 15 is 0 Å². The molecule has 2 atom stereocenters. The fourth-order valence-corrected chi connectivity index (χ4v) is 2.59. The van der Waals surface area contributed by atoms with Crippen LogP contribution in [0.3, 0.4) is 0 Å². The summed E-state index contributed by atoms with van der Waals surface area (Å²) in [6.07, 6.45) is 7.03. The number of hydrogen-bond donors (Lipinski definition) is 1. The second-order valence-electron chi connectivity index (χ2n) is 5.06. The zero-order chi connectivity index (χ0) is 12.1. The van der Waals surface area contributed by atoms with Crippen molar-refractivity contribution in [1.29, 1.82) is 5.26 Å². The third kappa shape index (κ3) is 3.45. The van der Waals surface area contributed by atoms with Crippen LogP contribution in [-0.2, 0) is 0 Å². The summed E-state index contributed by atoms with van der Waals surface area (Å²) >= 11 is 0. The average Bonchev–Trinajstić information content (AvgIpc) is 2.37. The average molecular weight is 229 g/mol. The van der Waals surface area contributed by atoms with Gasteiger partial charge in [-0.3, -0.25) is 0 Å². The zero-order valence-corrected chi connectivity index (χ0v) is 10.3. The van der Waals surface area contributed by atoms with Crippen LogP contribution in [0.2, 0.25) is 0 Å². The molecule has 0 aliphatic heterocycles. The fourth-order valence-electron chi connectivity index (χ4n) is 2.59. The lowest BCUT2D eigenvalue weighted by Crippen LogP contribution is -2.21.